The molecule has 334 valence electrons. The highest BCUT2D eigenvalue weighted by Crippen LogP contribution is 2.62. The first kappa shape index (κ1) is 46.6. The van der Waals surface area contributed by atoms with E-state index in [1.165, 1.54) is 17.0 Å². The van der Waals surface area contributed by atoms with Gasteiger partial charge in [0, 0.05) is 60.4 Å². The van der Waals surface area contributed by atoms with Crippen LogP contribution in [0.1, 0.15) is 82.3 Å². The molecule has 3 aromatic carbocycles. The van der Waals surface area contributed by atoms with Crippen LogP contribution in [-0.2, 0) is 20.9 Å². The fourth-order valence-corrected chi connectivity index (χ4v) is 10.0. The van der Waals surface area contributed by atoms with Crippen LogP contribution in [0.15, 0.2) is 107 Å². The number of hydrogen-bond donors (Lipinski definition) is 2. The van der Waals surface area contributed by atoms with Gasteiger partial charge in [0.2, 0.25) is 5.79 Å². The zero-order valence-electron chi connectivity index (χ0n) is 35.9. The van der Waals surface area contributed by atoms with Gasteiger partial charge in [-0.15, -0.1) is 18.3 Å². The lowest BCUT2D eigenvalue weighted by atomic mass is 9.55. The van der Waals surface area contributed by atoms with Crippen LogP contribution in [0.5, 0.6) is 11.5 Å². The molecule has 3 aromatic rings. The van der Waals surface area contributed by atoms with E-state index in [2.05, 4.69) is 30.9 Å². The molecule has 0 radical (unpaired) electrons. The summed E-state index contributed by atoms with van der Waals surface area (Å²) in [7, 11) is 0. The second-order valence-electron chi connectivity index (χ2n) is 15.9. The van der Waals surface area contributed by atoms with Crippen LogP contribution in [0.4, 0.5) is 10.5 Å². The Balaban J connectivity index is 1.49. The predicted octanol–water partition coefficient (Wildman–Crippen LogP) is 9.47. The highest BCUT2D eigenvalue weighted by Gasteiger charge is 2.65. The lowest BCUT2D eigenvalue weighted by molar-refractivity contribution is -0.384. The van der Waals surface area contributed by atoms with E-state index < -0.39 is 28.8 Å². The Hall–Kier alpha value is -4.89. The number of thioether (sulfide) groups is 1. The number of fused-ring (bicyclic) bond motifs is 2. The van der Waals surface area contributed by atoms with Crippen LogP contribution < -0.4 is 9.47 Å². The topological polar surface area (TPSA) is 162 Å². The van der Waals surface area contributed by atoms with Gasteiger partial charge in [-0.05, 0) is 104 Å². The Morgan fingerprint density at radius 2 is 1.81 bits per heavy atom. The molecule has 1 amide bonds. The summed E-state index contributed by atoms with van der Waals surface area (Å²) < 4.78 is 26.4. The third-order valence-electron chi connectivity index (χ3n) is 11.9. The zero-order chi connectivity index (χ0) is 43.9. The van der Waals surface area contributed by atoms with Gasteiger partial charge < -0.3 is 34.0 Å². The number of hydrogen-bond acceptors (Lipinski definition) is 12. The second-order valence-corrected chi connectivity index (χ2v) is 17.0. The minimum Gasteiger partial charge on any atom is -0.493 e. The lowest BCUT2D eigenvalue weighted by Gasteiger charge is -2.59. The summed E-state index contributed by atoms with van der Waals surface area (Å²) in [6.45, 7) is 9.22. The molecule has 62 heavy (non-hydrogen) atoms. The molecule has 3 aliphatic rings. The largest absolute Gasteiger partial charge is 0.493 e. The maximum atomic E-state index is 14.1. The Morgan fingerprint density at radius 3 is 2.50 bits per heavy atom. The molecule has 0 spiro atoms. The number of amides is 1. The van der Waals surface area contributed by atoms with Crippen LogP contribution in [-0.4, -0.2) is 89.0 Å². The molecular formula is C48H61N3O10S. The Bertz CT molecular complexity index is 2000. The van der Waals surface area contributed by atoms with E-state index in [4.69, 9.17) is 28.9 Å². The number of aliphatic hydroxyl groups excluding tert-OH is 2. The highest BCUT2D eigenvalue weighted by atomic mass is 32.2. The van der Waals surface area contributed by atoms with Crippen molar-refractivity contribution >= 4 is 29.3 Å². The number of aliphatic hydroxyl groups is 2. The Morgan fingerprint density at radius 1 is 1.05 bits per heavy atom. The number of benzene rings is 3. The van der Waals surface area contributed by atoms with Crippen LogP contribution >= 0.6 is 11.8 Å². The molecule has 0 saturated heterocycles. The molecule has 1 heterocycles. The van der Waals surface area contributed by atoms with E-state index in [9.17, 15) is 25.1 Å². The summed E-state index contributed by atoms with van der Waals surface area (Å²) in [5, 5.41) is 36.0. The van der Waals surface area contributed by atoms with Gasteiger partial charge in [-0.1, -0.05) is 55.3 Å². The summed E-state index contributed by atoms with van der Waals surface area (Å²) in [6, 6.07) is 21.7. The molecule has 1 fully saturated rings. The lowest BCUT2D eigenvalue weighted by Crippen LogP contribution is -2.70. The fraction of sp³-hybridized carbons (Fsp3) is 0.500. The van der Waals surface area contributed by atoms with E-state index in [1.807, 2.05) is 37.3 Å². The van der Waals surface area contributed by atoms with Gasteiger partial charge in [0.1, 0.15) is 24.1 Å². The average Bonchev–Trinajstić information content (AvgIpc) is 3.28. The monoisotopic (exact) mass is 871 g/mol. The number of allylic oxidation sites excluding steroid dienone is 1. The molecule has 13 nitrogen and oxygen atoms in total. The number of unbranched alkanes of at least 4 members (excludes halogenated alkanes) is 2. The number of non-ortho nitro benzene ring substituents is 1. The van der Waals surface area contributed by atoms with Crippen molar-refractivity contribution < 1.29 is 43.7 Å². The average molecular weight is 872 g/mol. The van der Waals surface area contributed by atoms with Crippen LogP contribution in [0.2, 0.25) is 0 Å². The number of carbonyl (C=O) groups excluding carboxylic acids is 1. The van der Waals surface area contributed by atoms with Crippen molar-refractivity contribution in [1.82, 2.24) is 4.90 Å². The van der Waals surface area contributed by atoms with Gasteiger partial charge >= 0.3 is 6.09 Å². The number of nitrogens with zero attached hydrogens (tertiary/aromatic N) is 3. The first-order chi connectivity index (χ1) is 30.3. The second kappa shape index (κ2) is 23.0. The standard InChI is InChI=1S/C48H61N3O10S/c1-4-24-50(47(54)57-6-3)44-32-42(49-60-33-34-18-20-36(21-19-34)51(55)56)40-30-35(14-10-12-25-52)39(17-11-13-26-53)45-41-31-37(58-28-29-62-38-15-8-7-9-16-38)22-23-43(41)61-48(44,46(40)45)59-27-5-2/h5,7-9,15-16,18-23,30-31,35,39,44-46,52-53H,2,4,6,10-14,17,24-29,32-33H2,1,3H3/t35-,39+,44-,45+,46+,48+/m0/s1. The van der Waals surface area contributed by atoms with E-state index >= 15 is 0 Å². The normalized spacial score (nSPS) is 23.0. The number of carbonyl (C=O) groups is 1. The summed E-state index contributed by atoms with van der Waals surface area (Å²) >= 11 is 1.73. The summed E-state index contributed by atoms with van der Waals surface area (Å²) in [5.74, 6) is 0.123. The molecule has 0 unspecified atom stereocenters. The smallest absolute Gasteiger partial charge is 0.410 e. The van der Waals surface area contributed by atoms with Gasteiger partial charge in [-0.3, -0.25) is 15.0 Å². The van der Waals surface area contributed by atoms with Crippen molar-refractivity contribution in [2.45, 2.75) is 94.5 Å². The third-order valence-corrected chi connectivity index (χ3v) is 12.9. The molecule has 1 saturated carbocycles. The van der Waals surface area contributed by atoms with Gasteiger partial charge in [-0.2, -0.15) is 0 Å². The molecule has 0 bridgehead atoms. The van der Waals surface area contributed by atoms with Crippen molar-refractivity contribution in [1.29, 1.82) is 0 Å². The first-order valence-corrected chi connectivity index (χ1v) is 22.9. The molecule has 6 rings (SSSR count). The van der Waals surface area contributed by atoms with Gasteiger partial charge in [0.05, 0.1) is 36.4 Å². The fourth-order valence-electron chi connectivity index (χ4n) is 9.29. The Kier molecular flexibility index (Phi) is 17.3. The number of nitro benzene ring substituents is 1. The first-order valence-electron chi connectivity index (χ1n) is 22.0. The molecular weight excluding hydrogens is 811 g/mol. The van der Waals surface area contributed by atoms with Crippen molar-refractivity contribution in [3.05, 3.63) is 118 Å². The maximum Gasteiger partial charge on any atom is 0.410 e. The van der Waals surface area contributed by atoms with E-state index in [0.717, 1.165) is 48.3 Å². The van der Waals surface area contributed by atoms with E-state index in [0.29, 0.717) is 49.4 Å². The number of oxime groups is 1. The molecule has 14 heteroatoms. The van der Waals surface area contributed by atoms with Crippen molar-refractivity contribution in [2.24, 2.45) is 22.9 Å². The van der Waals surface area contributed by atoms with Crippen LogP contribution in [0, 0.1) is 27.9 Å². The van der Waals surface area contributed by atoms with Crippen LogP contribution in [0.3, 0.4) is 0 Å². The highest BCUT2D eigenvalue weighted by molar-refractivity contribution is 7.99. The summed E-state index contributed by atoms with van der Waals surface area (Å²) in [4.78, 5) is 34.0. The van der Waals surface area contributed by atoms with Crippen molar-refractivity contribution in [3.63, 3.8) is 0 Å². The van der Waals surface area contributed by atoms with Crippen LogP contribution in [0.25, 0.3) is 0 Å². The molecule has 2 N–H and O–H groups in total. The SMILES string of the molecule is C=CCO[C@@]12Oc3ccc(OCCSc4ccccc4)cc3[C@H]3[C@H](CCCCO)[C@@H](CCCCO)C=C(C(=NOCc4ccc([N+](=O)[O-])cc4)C[C@@H]1N(CCC)C(=O)OCC)[C@H]32. The van der Waals surface area contributed by atoms with E-state index in [1.54, 1.807) is 41.8 Å². The number of ether oxygens (including phenoxy) is 4. The number of rotatable bonds is 24. The molecule has 2 aliphatic carbocycles. The van der Waals surface area contributed by atoms with Gasteiger partial charge in [0.25, 0.3) is 5.69 Å². The summed E-state index contributed by atoms with van der Waals surface area (Å²) in [6.07, 6.45) is 8.89. The minimum absolute atomic E-state index is 0.0163. The number of nitro groups is 1. The minimum atomic E-state index is -1.41. The predicted molar refractivity (Wildman–Crippen MR) is 240 cm³/mol. The van der Waals surface area contributed by atoms with E-state index in [-0.39, 0.29) is 62.9 Å². The molecule has 1 aliphatic heterocycles. The Labute approximate surface area is 369 Å². The molecule has 0 aromatic heterocycles. The summed E-state index contributed by atoms with van der Waals surface area (Å²) in [5.41, 5.74) is 3.22. The molecule has 6 atom stereocenters. The van der Waals surface area contributed by atoms with Gasteiger partial charge in [-0.25, -0.2) is 4.79 Å². The third kappa shape index (κ3) is 11.0. The maximum absolute atomic E-state index is 14.1. The quantitative estimate of drug-likeness (QED) is 0.0290. The van der Waals surface area contributed by atoms with Gasteiger partial charge in [0.15, 0.2) is 0 Å². The zero-order valence-corrected chi connectivity index (χ0v) is 36.7. The van der Waals surface area contributed by atoms with Crippen molar-refractivity contribution in [3.8, 4) is 11.5 Å². The van der Waals surface area contributed by atoms with Crippen molar-refractivity contribution in [2.75, 3.05) is 45.3 Å².